The van der Waals surface area contributed by atoms with E-state index < -0.39 is 0 Å². The molecule has 0 N–H and O–H groups in total. The topological polar surface area (TPSA) is 60.8 Å². The fourth-order valence-corrected chi connectivity index (χ4v) is 0.782. The molecule has 5 nitrogen and oxygen atoms in total. The molecule has 0 bridgehead atoms. The molecule has 0 aliphatic carbocycles. The summed E-state index contributed by atoms with van der Waals surface area (Å²) in [5.74, 6) is 0.522. The van der Waals surface area contributed by atoms with E-state index in [1.807, 2.05) is 0 Å². The second-order valence-corrected chi connectivity index (χ2v) is 2.21. The number of aromatic nitrogens is 4. The molecular formula is C8H6N4O. The van der Waals surface area contributed by atoms with Crippen LogP contribution in [0.3, 0.4) is 0 Å². The van der Waals surface area contributed by atoms with Crippen LogP contribution in [0, 0.1) is 0 Å². The number of ether oxygens (including phenoxy) is 1. The molecule has 0 saturated carbocycles. The van der Waals surface area contributed by atoms with E-state index in [0.717, 1.165) is 0 Å². The van der Waals surface area contributed by atoms with Gasteiger partial charge in [0.1, 0.15) is 6.33 Å². The Hall–Kier alpha value is -2.04. The highest BCUT2D eigenvalue weighted by atomic mass is 16.5. The van der Waals surface area contributed by atoms with E-state index in [1.165, 1.54) is 6.33 Å². The number of hydrogen-bond donors (Lipinski definition) is 0. The van der Waals surface area contributed by atoms with E-state index in [2.05, 4.69) is 19.9 Å². The molecule has 0 radical (unpaired) electrons. The van der Waals surface area contributed by atoms with Crippen molar-refractivity contribution in [2.45, 2.75) is 0 Å². The quantitative estimate of drug-likeness (QED) is 0.681. The summed E-state index contributed by atoms with van der Waals surface area (Å²) in [6.45, 7) is 0. The summed E-state index contributed by atoms with van der Waals surface area (Å²) in [5.41, 5.74) is 0. The summed E-state index contributed by atoms with van der Waals surface area (Å²) in [7, 11) is 0. The lowest BCUT2D eigenvalue weighted by Gasteiger charge is -1.99. The van der Waals surface area contributed by atoms with E-state index in [0.29, 0.717) is 5.75 Å². The predicted molar refractivity (Wildman–Crippen MR) is 44.1 cm³/mol. The fourth-order valence-electron chi connectivity index (χ4n) is 0.782. The molecule has 0 amide bonds. The first kappa shape index (κ1) is 7.60. The third-order valence-corrected chi connectivity index (χ3v) is 1.29. The van der Waals surface area contributed by atoms with Crippen LogP contribution in [0.2, 0.25) is 0 Å². The molecule has 2 heterocycles. The monoisotopic (exact) mass is 174 g/mol. The van der Waals surface area contributed by atoms with Crippen molar-refractivity contribution in [1.29, 1.82) is 0 Å². The smallest absolute Gasteiger partial charge is 0.321 e. The molecule has 0 aliphatic rings. The zero-order valence-electron chi connectivity index (χ0n) is 6.66. The SMILES string of the molecule is c1cnc(Oc2cncnc2)nc1. The molecule has 5 heteroatoms. The molecule has 0 aliphatic heterocycles. The van der Waals surface area contributed by atoms with Crippen molar-refractivity contribution in [3.8, 4) is 11.8 Å². The third-order valence-electron chi connectivity index (χ3n) is 1.29. The lowest BCUT2D eigenvalue weighted by atomic mass is 10.6. The number of nitrogens with zero attached hydrogens (tertiary/aromatic N) is 4. The summed E-state index contributed by atoms with van der Waals surface area (Å²) in [4.78, 5) is 15.3. The first-order valence-electron chi connectivity index (χ1n) is 3.65. The van der Waals surface area contributed by atoms with Gasteiger partial charge in [-0.05, 0) is 6.07 Å². The van der Waals surface area contributed by atoms with E-state index in [-0.39, 0.29) is 6.01 Å². The van der Waals surface area contributed by atoms with Crippen LogP contribution >= 0.6 is 0 Å². The minimum Gasteiger partial charge on any atom is -0.421 e. The highest BCUT2D eigenvalue weighted by molar-refractivity contribution is 5.15. The van der Waals surface area contributed by atoms with Gasteiger partial charge in [0.25, 0.3) is 0 Å². The highest BCUT2D eigenvalue weighted by Gasteiger charge is 1.97. The summed E-state index contributed by atoms with van der Waals surface area (Å²) in [6, 6.07) is 2.01. The number of hydrogen-bond acceptors (Lipinski definition) is 5. The van der Waals surface area contributed by atoms with Crippen molar-refractivity contribution < 1.29 is 4.74 Å². The van der Waals surface area contributed by atoms with Gasteiger partial charge in [0.2, 0.25) is 0 Å². The zero-order chi connectivity index (χ0) is 8.93. The van der Waals surface area contributed by atoms with Crippen LogP contribution in [-0.2, 0) is 0 Å². The maximum atomic E-state index is 5.23. The zero-order valence-corrected chi connectivity index (χ0v) is 6.66. The van der Waals surface area contributed by atoms with Crippen molar-refractivity contribution in [2.75, 3.05) is 0 Å². The maximum absolute atomic E-state index is 5.23. The van der Waals surface area contributed by atoms with E-state index in [4.69, 9.17) is 4.74 Å². The molecule has 0 fully saturated rings. The van der Waals surface area contributed by atoms with Gasteiger partial charge in [0.05, 0.1) is 12.4 Å². The van der Waals surface area contributed by atoms with E-state index >= 15 is 0 Å². The molecular weight excluding hydrogens is 168 g/mol. The van der Waals surface area contributed by atoms with Crippen molar-refractivity contribution in [1.82, 2.24) is 19.9 Å². The Morgan fingerprint density at radius 1 is 1.00 bits per heavy atom. The van der Waals surface area contributed by atoms with Gasteiger partial charge < -0.3 is 4.74 Å². The summed E-state index contributed by atoms with van der Waals surface area (Å²) >= 11 is 0. The Labute approximate surface area is 74.5 Å². The summed E-state index contributed by atoms with van der Waals surface area (Å²) in [5, 5.41) is 0. The Kier molecular flexibility index (Phi) is 2.09. The van der Waals surface area contributed by atoms with Crippen molar-refractivity contribution in [3.63, 3.8) is 0 Å². The molecule has 0 atom stereocenters. The minimum atomic E-state index is 0.289. The summed E-state index contributed by atoms with van der Waals surface area (Å²) < 4.78 is 5.23. The van der Waals surface area contributed by atoms with Gasteiger partial charge in [-0.1, -0.05) is 0 Å². The Morgan fingerprint density at radius 3 is 2.38 bits per heavy atom. The van der Waals surface area contributed by atoms with Gasteiger partial charge in [-0.2, -0.15) is 0 Å². The molecule has 2 rings (SSSR count). The second kappa shape index (κ2) is 3.57. The van der Waals surface area contributed by atoms with Gasteiger partial charge in [0, 0.05) is 12.4 Å². The minimum absolute atomic E-state index is 0.289. The van der Waals surface area contributed by atoms with Crippen molar-refractivity contribution >= 4 is 0 Å². The van der Waals surface area contributed by atoms with Crippen LogP contribution in [0.15, 0.2) is 37.2 Å². The molecule has 0 spiro atoms. The normalized spacial score (nSPS) is 9.54. The van der Waals surface area contributed by atoms with Crippen LogP contribution in [0.25, 0.3) is 0 Å². The largest absolute Gasteiger partial charge is 0.421 e. The van der Waals surface area contributed by atoms with Crippen LogP contribution < -0.4 is 4.74 Å². The molecule has 0 saturated heterocycles. The Morgan fingerprint density at radius 2 is 1.69 bits per heavy atom. The van der Waals surface area contributed by atoms with Gasteiger partial charge in [0.15, 0.2) is 5.75 Å². The van der Waals surface area contributed by atoms with Gasteiger partial charge in [-0.25, -0.2) is 19.9 Å². The van der Waals surface area contributed by atoms with Gasteiger partial charge in [-0.3, -0.25) is 0 Å². The van der Waals surface area contributed by atoms with Crippen LogP contribution in [0.1, 0.15) is 0 Å². The van der Waals surface area contributed by atoms with Gasteiger partial charge in [-0.15, -0.1) is 0 Å². The predicted octanol–water partition coefficient (Wildman–Crippen LogP) is 1.06. The maximum Gasteiger partial charge on any atom is 0.321 e. The van der Waals surface area contributed by atoms with Gasteiger partial charge >= 0.3 is 6.01 Å². The van der Waals surface area contributed by atoms with Crippen LogP contribution in [-0.4, -0.2) is 19.9 Å². The average Bonchev–Trinajstić information content (AvgIpc) is 2.21. The van der Waals surface area contributed by atoms with E-state index in [1.54, 1.807) is 30.9 Å². The lowest BCUT2D eigenvalue weighted by Crippen LogP contribution is -1.90. The van der Waals surface area contributed by atoms with Crippen LogP contribution in [0.4, 0.5) is 0 Å². The second-order valence-electron chi connectivity index (χ2n) is 2.21. The average molecular weight is 174 g/mol. The van der Waals surface area contributed by atoms with Crippen molar-refractivity contribution in [3.05, 3.63) is 37.2 Å². The molecule has 2 aromatic rings. The van der Waals surface area contributed by atoms with Crippen LogP contribution in [0.5, 0.6) is 11.8 Å². The molecule has 2 aromatic heterocycles. The molecule has 0 unspecified atom stereocenters. The fraction of sp³-hybridized carbons (Fsp3) is 0. The highest BCUT2D eigenvalue weighted by Crippen LogP contribution is 2.12. The molecule has 13 heavy (non-hydrogen) atoms. The third kappa shape index (κ3) is 1.96. The summed E-state index contributed by atoms with van der Waals surface area (Å²) in [6.07, 6.45) is 7.73. The Bertz CT molecular complexity index is 327. The van der Waals surface area contributed by atoms with Crippen molar-refractivity contribution in [2.24, 2.45) is 0 Å². The standard InChI is InChI=1S/C8H6N4O/c1-2-11-8(12-3-1)13-7-4-9-6-10-5-7/h1-6H. The lowest BCUT2D eigenvalue weighted by molar-refractivity contribution is 0.437. The first-order chi connectivity index (χ1) is 6.45. The Balaban J connectivity index is 2.16. The molecule has 64 valence electrons. The first-order valence-corrected chi connectivity index (χ1v) is 3.65. The number of rotatable bonds is 2. The molecule has 0 aromatic carbocycles. The van der Waals surface area contributed by atoms with E-state index in [9.17, 15) is 0 Å².